The largest absolute Gasteiger partial charge is 0.449 e. The Morgan fingerprint density at radius 3 is 3.00 bits per heavy atom. The molecule has 0 bridgehead atoms. The summed E-state index contributed by atoms with van der Waals surface area (Å²) in [4.78, 5) is 13.5. The van der Waals surface area contributed by atoms with Gasteiger partial charge in [-0.25, -0.2) is 4.79 Å². The van der Waals surface area contributed by atoms with Gasteiger partial charge in [0.1, 0.15) is 0 Å². The number of nitrogens with zero attached hydrogens (tertiary/aromatic N) is 1. The lowest BCUT2D eigenvalue weighted by Crippen LogP contribution is -2.40. The van der Waals surface area contributed by atoms with Crippen molar-refractivity contribution < 1.29 is 14.6 Å². The standard InChI is InChI=1S/C11H19NO3/c1-2-3-4-15-11(14)12-9(7-13)5-8-6-10(8)12/h8-10,13H,2-7H2,1H3/t8?,9-,10?/m0/s1. The molecular formula is C11H19NO3. The van der Waals surface area contributed by atoms with Crippen LogP contribution in [0.4, 0.5) is 4.79 Å². The van der Waals surface area contributed by atoms with E-state index in [0.717, 1.165) is 25.7 Å². The molecule has 2 aliphatic rings. The lowest BCUT2D eigenvalue weighted by molar-refractivity contribution is 0.0746. The van der Waals surface area contributed by atoms with Crippen LogP contribution >= 0.6 is 0 Å². The molecule has 0 aromatic heterocycles. The number of aliphatic hydroxyl groups is 1. The number of carbonyl (C=O) groups excluding carboxylic acids is 1. The Hall–Kier alpha value is -0.770. The van der Waals surface area contributed by atoms with Crippen molar-refractivity contribution in [2.75, 3.05) is 13.2 Å². The first-order valence-electron chi connectivity index (χ1n) is 5.83. The molecule has 0 aromatic rings. The number of ether oxygens (including phenoxy) is 1. The number of fused-ring (bicyclic) bond motifs is 1. The highest BCUT2D eigenvalue weighted by atomic mass is 16.6. The Kier molecular flexibility index (Phi) is 3.14. The molecule has 1 saturated heterocycles. The van der Waals surface area contributed by atoms with Gasteiger partial charge in [-0.05, 0) is 25.2 Å². The highest BCUT2D eigenvalue weighted by Crippen LogP contribution is 2.47. The molecule has 4 heteroatoms. The van der Waals surface area contributed by atoms with Crippen molar-refractivity contribution in [3.63, 3.8) is 0 Å². The zero-order valence-corrected chi connectivity index (χ0v) is 9.19. The lowest BCUT2D eigenvalue weighted by atomic mass is 10.2. The molecule has 1 aliphatic heterocycles. The molecule has 1 aliphatic carbocycles. The Labute approximate surface area is 90.2 Å². The summed E-state index contributed by atoms with van der Waals surface area (Å²) in [5.41, 5.74) is 0. The van der Waals surface area contributed by atoms with Gasteiger partial charge < -0.3 is 9.84 Å². The first-order chi connectivity index (χ1) is 7.27. The highest BCUT2D eigenvalue weighted by molar-refractivity contribution is 5.69. The zero-order chi connectivity index (χ0) is 10.8. The summed E-state index contributed by atoms with van der Waals surface area (Å²) in [6, 6.07) is 0.360. The van der Waals surface area contributed by atoms with Gasteiger partial charge in [-0.2, -0.15) is 0 Å². The number of likely N-dealkylation sites (tertiary alicyclic amines) is 1. The minimum Gasteiger partial charge on any atom is -0.449 e. The Morgan fingerprint density at radius 2 is 2.33 bits per heavy atom. The van der Waals surface area contributed by atoms with Crippen molar-refractivity contribution >= 4 is 6.09 Å². The minimum atomic E-state index is -0.229. The first kappa shape index (κ1) is 10.7. The molecule has 2 fully saturated rings. The van der Waals surface area contributed by atoms with Gasteiger partial charge in [0.2, 0.25) is 0 Å². The number of unbranched alkanes of at least 4 members (excludes halogenated alkanes) is 1. The third-order valence-corrected chi connectivity index (χ3v) is 3.36. The maximum atomic E-state index is 11.7. The van der Waals surface area contributed by atoms with Crippen molar-refractivity contribution in [3.05, 3.63) is 0 Å². The predicted molar refractivity (Wildman–Crippen MR) is 55.5 cm³/mol. The molecule has 1 heterocycles. The molecule has 0 aromatic carbocycles. The van der Waals surface area contributed by atoms with E-state index >= 15 is 0 Å². The van der Waals surface area contributed by atoms with E-state index in [-0.39, 0.29) is 18.7 Å². The van der Waals surface area contributed by atoms with Gasteiger partial charge in [-0.15, -0.1) is 0 Å². The lowest BCUT2D eigenvalue weighted by Gasteiger charge is -2.25. The Balaban J connectivity index is 1.83. The van der Waals surface area contributed by atoms with Crippen LogP contribution in [0.3, 0.4) is 0 Å². The molecule has 0 spiro atoms. The summed E-state index contributed by atoms with van der Waals surface area (Å²) in [6.07, 6.45) is 3.76. The molecule has 3 atom stereocenters. The number of aliphatic hydroxyl groups excluding tert-OH is 1. The third-order valence-electron chi connectivity index (χ3n) is 3.36. The molecule has 1 saturated carbocycles. The molecular weight excluding hydrogens is 194 g/mol. The first-order valence-corrected chi connectivity index (χ1v) is 5.83. The second-order valence-electron chi connectivity index (χ2n) is 4.51. The fourth-order valence-corrected chi connectivity index (χ4v) is 2.38. The topological polar surface area (TPSA) is 49.8 Å². The van der Waals surface area contributed by atoms with Gasteiger partial charge in [0.25, 0.3) is 0 Å². The van der Waals surface area contributed by atoms with E-state index in [4.69, 9.17) is 9.84 Å². The summed E-state index contributed by atoms with van der Waals surface area (Å²) >= 11 is 0. The quantitative estimate of drug-likeness (QED) is 0.718. The van der Waals surface area contributed by atoms with E-state index in [1.165, 1.54) is 0 Å². The van der Waals surface area contributed by atoms with Crippen LogP contribution in [-0.2, 0) is 4.74 Å². The van der Waals surface area contributed by atoms with Crippen molar-refractivity contribution in [2.24, 2.45) is 5.92 Å². The normalized spacial score (nSPS) is 32.7. The Bertz CT molecular complexity index is 244. The number of hydrogen-bond acceptors (Lipinski definition) is 3. The number of rotatable bonds is 4. The molecule has 0 radical (unpaired) electrons. The van der Waals surface area contributed by atoms with Crippen LogP contribution in [-0.4, -0.2) is 41.4 Å². The van der Waals surface area contributed by atoms with Gasteiger partial charge in [0.05, 0.1) is 19.3 Å². The van der Waals surface area contributed by atoms with E-state index in [9.17, 15) is 4.79 Å². The minimum absolute atomic E-state index is 0.00266. The van der Waals surface area contributed by atoms with Crippen LogP contribution in [0.25, 0.3) is 0 Å². The highest BCUT2D eigenvalue weighted by Gasteiger charge is 2.54. The monoisotopic (exact) mass is 213 g/mol. The van der Waals surface area contributed by atoms with Gasteiger partial charge in [-0.3, -0.25) is 4.90 Å². The average molecular weight is 213 g/mol. The molecule has 1 amide bonds. The zero-order valence-electron chi connectivity index (χ0n) is 9.19. The van der Waals surface area contributed by atoms with Gasteiger partial charge in [0, 0.05) is 6.04 Å². The van der Waals surface area contributed by atoms with E-state index in [1.54, 1.807) is 4.90 Å². The summed E-state index contributed by atoms with van der Waals surface area (Å²) in [6.45, 7) is 2.63. The van der Waals surface area contributed by atoms with Crippen molar-refractivity contribution in [1.29, 1.82) is 0 Å². The maximum Gasteiger partial charge on any atom is 0.410 e. The number of amides is 1. The Morgan fingerprint density at radius 1 is 1.53 bits per heavy atom. The van der Waals surface area contributed by atoms with Gasteiger partial charge in [0.15, 0.2) is 0 Å². The third kappa shape index (κ3) is 2.09. The van der Waals surface area contributed by atoms with E-state index < -0.39 is 0 Å². The number of piperidine rings is 1. The second-order valence-corrected chi connectivity index (χ2v) is 4.51. The van der Waals surface area contributed by atoms with Crippen LogP contribution in [0.1, 0.15) is 32.6 Å². The van der Waals surface area contributed by atoms with Gasteiger partial charge >= 0.3 is 6.09 Å². The molecule has 86 valence electrons. The molecule has 15 heavy (non-hydrogen) atoms. The number of carbonyl (C=O) groups is 1. The van der Waals surface area contributed by atoms with Crippen molar-refractivity contribution in [3.8, 4) is 0 Å². The fourth-order valence-electron chi connectivity index (χ4n) is 2.38. The SMILES string of the molecule is CCCCOC(=O)N1C2CC2C[C@H]1CO. The molecule has 2 rings (SSSR count). The van der Waals surface area contributed by atoms with E-state index in [2.05, 4.69) is 6.92 Å². The fraction of sp³-hybridized carbons (Fsp3) is 0.909. The number of hydrogen-bond donors (Lipinski definition) is 1. The van der Waals surface area contributed by atoms with E-state index in [0.29, 0.717) is 18.6 Å². The predicted octanol–water partition coefficient (Wildman–Crippen LogP) is 1.38. The molecule has 2 unspecified atom stereocenters. The second kappa shape index (κ2) is 4.39. The summed E-state index contributed by atoms with van der Waals surface area (Å²) in [5.74, 6) is 0.626. The average Bonchev–Trinajstić information content (AvgIpc) is 2.89. The summed E-state index contributed by atoms with van der Waals surface area (Å²) < 4.78 is 5.17. The van der Waals surface area contributed by atoms with Crippen LogP contribution in [0.15, 0.2) is 0 Å². The van der Waals surface area contributed by atoms with Crippen LogP contribution in [0.5, 0.6) is 0 Å². The van der Waals surface area contributed by atoms with Crippen LogP contribution < -0.4 is 0 Å². The van der Waals surface area contributed by atoms with E-state index in [1.807, 2.05) is 0 Å². The summed E-state index contributed by atoms with van der Waals surface area (Å²) in [7, 11) is 0. The van der Waals surface area contributed by atoms with Crippen molar-refractivity contribution in [1.82, 2.24) is 4.90 Å². The van der Waals surface area contributed by atoms with Crippen LogP contribution in [0, 0.1) is 5.92 Å². The molecule has 4 nitrogen and oxygen atoms in total. The smallest absolute Gasteiger partial charge is 0.410 e. The van der Waals surface area contributed by atoms with Gasteiger partial charge in [-0.1, -0.05) is 13.3 Å². The maximum absolute atomic E-state index is 11.7. The van der Waals surface area contributed by atoms with Crippen LogP contribution in [0.2, 0.25) is 0 Å². The molecule has 1 N–H and O–H groups in total. The summed E-state index contributed by atoms with van der Waals surface area (Å²) in [5, 5.41) is 9.15. The van der Waals surface area contributed by atoms with Crippen molar-refractivity contribution in [2.45, 2.75) is 44.7 Å².